The first-order chi connectivity index (χ1) is 18.9. The fourth-order valence-corrected chi connectivity index (χ4v) is 4.28. The number of hydrogen-bond donors (Lipinski definition) is 1. The van der Waals surface area contributed by atoms with Gasteiger partial charge in [-0.25, -0.2) is 4.79 Å². The smallest absolute Gasteiger partial charge is 0.417 e. The quantitative estimate of drug-likeness (QED) is 0.229. The molecule has 0 aliphatic carbocycles. The van der Waals surface area contributed by atoms with Crippen LogP contribution in [0.5, 0.6) is 0 Å². The Bertz CT molecular complexity index is 1490. The second kappa shape index (κ2) is 11.3. The molecule has 1 unspecified atom stereocenters. The molecule has 0 bridgehead atoms. The van der Waals surface area contributed by atoms with Crippen molar-refractivity contribution in [3.8, 4) is 11.3 Å². The molecule has 11 heteroatoms. The van der Waals surface area contributed by atoms with Crippen LogP contribution in [0.25, 0.3) is 11.3 Å². The molecule has 1 heterocycles. The van der Waals surface area contributed by atoms with Crippen molar-refractivity contribution < 1.29 is 45.5 Å². The third-order valence-electron chi connectivity index (χ3n) is 6.14. The number of carboxylic acid groups (broad SMARTS) is 1. The maximum atomic E-state index is 13.7. The maximum Gasteiger partial charge on any atom is 0.417 e. The van der Waals surface area contributed by atoms with Crippen molar-refractivity contribution in [3.05, 3.63) is 119 Å². The van der Waals surface area contributed by atoms with Crippen LogP contribution in [-0.4, -0.2) is 27.9 Å². The van der Waals surface area contributed by atoms with Crippen LogP contribution in [0.4, 0.5) is 26.3 Å². The molecule has 1 amide bonds. The van der Waals surface area contributed by atoms with Gasteiger partial charge in [0.25, 0.3) is 5.91 Å². The topological polar surface area (TPSA) is 70.8 Å². The highest BCUT2D eigenvalue weighted by atomic mass is 19.4. The molecule has 1 aromatic heterocycles. The number of amides is 1. The molecule has 0 saturated heterocycles. The highest BCUT2D eigenvalue weighted by molar-refractivity contribution is 5.98. The molecular formula is C29H21F6NO4. The number of aliphatic carboxylic acids is 1. The van der Waals surface area contributed by atoms with Crippen molar-refractivity contribution in [2.75, 3.05) is 0 Å². The minimum atomic E-state index is -4.91. The first-order valence-corrected chi connectivity index (χ1v) is 11.9. The van der Waals surface area contributed by atoms with Crippen LogP contribution < -0.4 is 0 Å². The molecule has 5 nitrogen and oxygen atoms in total. The lowest BCUT2D eigenvalue weighted by Crippen LogP contribution is -2.46. The van der Waals surface area contributed by atoms with Gasteiger partial charge in [-0.15, -0.1) is 0 Å². The van der Waals surface area contributed by atoms with Crippen LogP contribution in [0, 0.1) is 0 Å². The molecule has 208 valence electrons. The normalized spacial score (nSPS) is 12.7. The molecule has 4 aromatic rings. The van der Waals surface area contributed by atoms with Crippen molar-refractivity contribution in [1.29, 1.82) is 0 Å². The van der Waals surface area contributed by atoms with Crippen LogP contribution >= 0.6 is 0 Å². The van der Waals surface area contributed by atoms with E-state index < -0.39 is 53.5 Å². The van der Waals surface area contributed by atoms with Crippen LogP contribution in [0.3, 0.4) is 0 Å². The number of alkyl halides is 6. The second-order valence-electron chi connectivity index (χ2n) is 8.83. The summed E-state index contributed by atoms with van der Waals surface area (Å²) in [6.07, 6.45) is -9.85. The molecular weight excluding hydrogens is 540 g/mol. The van der Waals surface area contributed by atoms with E-state index in [4.69, 9.17) is 4.42 Å². The Kier molecular flexibility index (Phi) is 8.03. The lowest BCUT2D eigenvalue weighted by atomic mass is 10.0. The van der Waals surface area contributed by atoms with Gasteiger partial charge in [0, 0.05) is 12.0 Å². The molecule has 1 atom stereocenters. The minimum Gasteiger partial charge on any atom is -0.480 e. The number of halogens is 6. The molecule has 0 aliphatic heterocycles. The Hall–Kier alpha value is -4.54. The Balaban J connectivity index is 1.77. The predicted octanol–water partition coefficient (Wildman–Crippen LogP) is 7.32. The number of carbonyl (C=O) groups is 2. The SMILES string of the molecule is O=C(O)C(Cc1ccccc1)N(Cc1ccc(-c2ccccc2C(F)(F)F)o1)C(=O)c1ccccc1C(F)(F)F. The Labute approximate surface area is 224 Å². The lowest BCUT2D eigenvalue weighted by molar-refractivity contribution is -0.142. The summed E-state index contributed by atoms with van der Waals surface area (Å²) >= 11 is 0. The van der Waals surface area contributed by atoms with Gasteiger partial charge in [-0.3, -0.25) is 4.79 Å². The third kappa shape index (κ3) is 6.36. The van der Waals surface area contributed by atoms with Gasteiger partial charge in [-0.1, -0.05) is 60.7 Å². The van der Waals surface area contributed by atoms with Gasteiger partial charge in [-0.2, -0.15) is 26.3 Å². The van der Waals surface area contributed by atoms with E-state index in [1.165, 1.54) is 36.4 Å². The fraction of sp³-hybridized carbons (Fsp3) is 0.172. The highest BCUT2D eigenvalue weighted by Gasteiger charge is 2.39. The van der Waals surface area contributed by atoms with E-state index in [-0.39, 0.29) is 23.5 Å². The summed E-state index contributed by atoms with van der Waals surface area (Å²) in [6.45, 7) is -0.622. The predicted molar refractivity (Wildman–Crippen MR) is 132 cm³/mol. The molecule has 40 heavy (non-hydrogen) atoms. The average Bonchev–Trinajstić information content (AvgIpc) is 3.38. The zero-order valence-corrected chi connectivity index (χ0v) is 20.5. The van der Waals surface area contributed by atoms with Gasteiger partial charge >= 0.3 is 18.3 Å². The zero-order chi connectivity index (χ0) is 29.1. The summed E-state index contributed by atoms with van der Waals surface area (Å²) < 4.78 is 87.4. The molecule has 0 spiro atoms. The second-order valence-corrected chi connectivity index (χ2v) is 8.83. The molecule has 4 rings (SSSR count). The summed E-state index contributed by atoms with van der Waals surface area (Å²) in [7, 11) is 0. The largest absolute Gasteiger partial charge is 0.480 e. The number of rotatable bonds is 8. The lowest BCUT2D eigenvalue weighted by Gasteiger charge is -2.29. The summed E-state index contributed by atoms with van der Waals surface area (Å²) in [5, 5.41) is 10.0. The third-order valence-corrected chi connectivity index (χ3v) is 6.14. The molecule has 0 radical (unpaired) electrons. The molecule has 3 aromatic carbocycles. The van der Waals surface area contributed by atoms with Gasteiger partial charge in [0.2, 0.25) is 0 Å². The first-order valence-electron chi connectivity index (χ1n) is 11.9. The van der Waals surface area contributed by atoms with Gasteiger partial charge in [0.15, 0.2) is 0 Å². The monoisotopic (exact) mass is 561 g/mol. The number of furan rings is 1. The molecule has 1 N–H and O–H groups in total. The summed E-state index contributed by atoms with van der Waals surface area (Å²) in [5.41, 5.74) is -2.80. The zero-order valence-electron chi connectivity index (χ0n) is 20.5. The number of nitrogens with zero attached hydrogens (tertiary/aromatic N) is 1. The molecule has 0 fully saturated rings. The van der Waals surface area contributed by atoms with Gasteiger partial charge in [0.05, 0.1) is 23.2 Å². The van der Waals surface area contributed by atoms with Crippen LogP contribution in [0.2, 0.25) is 0 Å². The van der Waals surface area contributed by atoms with E-state index in [0.717, 1.165) is 23.1 Å². The number of hydrogen-bond acceptors (Lipinski definition) is 3. The van der Waals surface area contributed by atoms with E-state index in [9.17, 15) is 41.0 Å². The molecule has 0 aliphatic rings. The standard InChI is InChI=1S/C29H21F6NO4/c30-28(31,32)22-12-6-4-10-20(22)25-15-14-19(40-25)17-36(24(27(38)39)16-18-8-2-1-3-9-18)26(37)21-11-5-7-13-23(21)29(33,34)35/h1-15,24H,16-17H2,(H,38,39). The van der Waals surface area contributed by atoms with Gasteiger partial charge in [-0.05, 0) is 35.9 Å². The highest BCUT2D eigenvalue weighted by Crippen LogP contribution is 2.38. The first kappa shape index (κ1) is 28.5. The van der Waals surface area contributed by atoms with Crippen molar-refractivity contribution in [2.45, 2.75) is 31.4 Å². The number of carboxylic acids is 1. The number of benzene rings is 3. The van der Waals surface area contributed by atoms with Gasteiger partial charge < -0.3 is 14.4 Å². The van der Waals surface area contributed by atoms with Crippen molar-refractivity contribution in [3.63, 3.8) is 0 Å². The van der Waals surface area contributed by atoms with E-state index >= 15 is 0 Å². The van der Waals surface area contributed by atoms with E-state index in [1.54, 1.807) is 30.3 Å². The van der Waals surface area contributed by atoms with Crippen LogP contribution in [0.15, 0.2) is 95.4 Å². The van der Waals surface area contributed by atoms with Crippen molar-refractivity contribution in [2.24, 2.45) is 0 Å². The van der Waals surface area contributed by atoms with E-state index in [2.05, 4.69) is 0 Å². The summed E-state index contributed by atoms with van der Waals surface area (Å²) in [4.78, 5) is 26.7. The fourth-order valence-electron chi connectivity index (χ4n) is 4.28. The van der Waals surface area contributed by atoms with E-state index in [0.29, 0.717) is 11.6 Å². The van der Waals surface area contributed by atoms with Crippen molar-refractivity contribution in [1.82, 2.24) is 4.90 Å². The van der Waals surface area contributed by atoms with Gasteiger partial charge in [0.1, 0.15) is 17.6 Å². The van der Waals surface area contributed by atoms with Crippen LogP contribution in [-0.2, 0) is 30.1 Å². The average molecular weight is 561 g/mol. The number of carbonyl (C=O) groups excluding carboxylic acids is 1. The molecule has 0 saturated carbocycles. The van der Waals surface area contributed by atoms with E-state index in [1.807, 2.05) is 0 Å². The minimum absolute atomic E-state index is 0.121. The maximum absolute atomic E-state index is 13.7. The summed E-state index contributed by atoms with van der Waals surface area (Å²) in [6, 6.07) is 17.6. The Morgan fingerprint density at radius 1 is 0.750 bits per heavy atom. The van der Waals surface area contributed by atoms with Crippen LogP contribution in [0.1, 0.15) is 32.8 Å². The Morgan fingerprint density at radius 2 is 1.32 bits per heavy atom. The summed E-state index contributed by atoms with van der Waals surface area (Å²) in [5.74, 6) is -3.05. The van der Waals surface area contributed by atoms with Crippen molar-refractivity contribution >= 4 is 11.9 Å². The Morgan fingerprint density at radius 3 is 1.95 bits per heavy atom.